The molecule has 1 aromatic heterocycles. The van der Waals surface area contributed by atoms with Crippen molar-refractivity contribution >= 4 is 12.2 Å². The van der Waals surface area contributed by atoms with Crippen LogP contribution >= 0.6 is 12.2 Å². The molecule has 0 spiro atoms. The summed E-state index contributed by atoms with van der Waals surface area (Å²) in [5.74, 6) is 0.173. The molecular formula is C13H15FN2S. The zero-order valence-corrected chi connectivity index (χ0v) is 10.7. The fourth-order valence-electron chi connectivity index (χ4n) is 1.87. The van der Waals surface area contributed by atoms with Crippen molar-refractivity contribution in [3.8, 4) is 0 Å². The molecule has 0 saturated heterocycles. The Hall–Kier alpha value is -1.42. The Morgan fingerprint density at radius 1 is 1.41 bits per heavy atom. The highest BCUT2D eigenvalue weighted by Gasteiger charge is 2.08. The lowest BCUT2D eigenvalue weighted by atomic mass is 10.1. The Morgan fingerprint density at radius 3 is 2.82 bits per heavy atom. The van der Waals surface area contributed by atoms with Crippen LogP contribution in [0, 0.1) is 10.6 Å². The van der Waals surface area contributed by atoms with Gasteiger partial charge in [0.1, 0.15) is 5.82 Å². The van der Waals surface area contributed by atoms with E-state index in [1.54, 1.807) is 12.1 Å². The van der Waals surface area contributed by atoms with Gasteiger partial charge in [0.15, 0.2) is 4.77 Å². The van der Waals surface area contributed by atoms with E-state index in [-0.39, 0.29) is 5.82 Å². The summed E-state index contributed by atoms with van der Waals surface area (Å²) in [6.07, 6.45) is 1.92. The average molecular weight is 250 g/mol. The Kier molecular flexibility index (Phi) is 3.43. The van der Waals surface area contributed by atoms with Crippen LogP contribution in [0.1, 0.15) is 31.0 Å². The molecule has 0 aliphatic carbocycles. The second kappa shape index (κ2) is 4.84. The first kappa shape index (κ1) is 12.0. The van der Waals surface area contributed by atoms with Crippen molar-refractivity contribution in [2.45, 2.75) is 26.3 Å². The molecule has 0 fully saturated rings. The Labute approximate surface area is 105 Å². The predicted molar refractivity (Wildman–Crippen MR) is 69.2 cm³/mol. The van der Waals surface area contributed by atoms with Crippen molar-refractivity contribution in [2.75, 3.05) is 0 Å². The van der Waals surface area contributed by atoms with Crippen LogP contribution in [0.2, 0.25) is 0 Å². The third-order valence-electron chi connectivity index (χ3n) is 2.72. The number of rotatable bonds is 3. The van der Waals surface area contributed by atoms with Crippen LogP contribution in [0.5, 0.6) is 0 Å². The Bertz CT molecular complexity index is 569. The third kappa shape index (κ3) is 2.64. The van der Waals surface area contributed by atoms with Crippen molar-refractivity contribution in [1.82, 2.24) is 9.55 Å². The zero-order valence-electron chi connectivity index (χ0n) is 9.90. The summed E-state index contributed by atoms with van der Waals surface area (Å²) in [7, 11) is 0. The quantitative estimate of drug-likeness (QED) is 0.820. The van der Waals surface area contributed by atoms with Crippen LogP contribution in [0.4, 0.5) is 4.39 Å². The van der Waals surface area contributed by atoms with Gasteiger partial charge in [0.2, 0.25) is 0 Å². The van der Waals surface area contributed by atoms with E-state index in [2.05, 4.69) is 18.8 Å². The number of halogens is 1. The molecule has 0 atom stereocenters. The molecule has 1 heterocycles. The summed E-state index contributed by atoms with van der Waals surface area (Å²) in [4.78, 5) is 3.04. The van der Waals surface area contributed by atoms with Gasteiger partial charge in [-0.05, 0) is 35.8 Å². The normalized spacial score (nSPS) is 11.1. The summed E-state index contributed by atoms with van der Waals surface area (Å²) < 4.78 is 15.8. The Morgan fingerprint density at radius 2 is 2.18 bits per heavy atom. The van der Waals surface area contributed by atoms with Gasteiger partial charge in [-0.25, -0.2) is 4.39 Å². The van der Waals surface area contributed by atoms with Gasteiger partial charge in [0, 0.05) is 11.9 Å². The molecule has 0 radical (unpaired) electrons. The highest BCUT2D eigenvalue weighted by atomic mass is 32.1. The minimum atomic E-state index is -0.212. The molecular weight excluding hydrogens is 235 g/mol. The van der Waals surface area contributed by atoms with E-state index in [9.17, 15) is 4.39 Å². The summed E-state index contributed by atoms with van der Waals surface area (Å²) >= 11 is 5.24. The number of imidazole rings is 1. The first-order valence-electron chi connectivity index (χ1n) is 5.60. The lowest BCUT2D eigenvalue weighted by molar-refractivity contribution is 0.620. The highest BCUT2D eigenvalue weighted by molar-refractivity contribution is 7.71. The van der Waals surface area contributed by atoms with Gasteiger partial charge in [-0.1, -0.05) is 26.0 Å². The molecule has 2 rings (SSSR count). The van der Waals surface area contributed by atoms with E-state index in [0.29, 0.717) is 17.2 Å². The maximum Gasteiger partial charge on any atom is 0.177 e. The molecule has 1 N–H and O–H groups in total. The van der Waals surface area contributed by atoms with Crippen molar-refractivity contribution in [1.29, 1.82) is 0 Å². The van der Waals surface area contributed by atoms with Gasteiger partial charge in [0.05, 0.1) is 6.54 Å². The van der Waals surface area contributed by atoms with Crippen LogP contribution < -0.4 is 0 Å². The van der Waals surface area contributed by atoms with E-state index in [0.717, 1.165) is 11.3 Å². The zero-order chi connectivity index (χ0) is 12.4. The first-order valence-corrected chi connectivity index (χ1v) is 6.01. The molecule has 0 aliphatic rings. The maximum absolute atomic E-state index is 13.1. The van der Waals surface area contributed by atoms with Gasteiger partial charge >= 0.3 is 0 Å². The van der Waals surface area contributed by atoms with E-state index < -0.39 is 0 Å². The average Bonchev–Trinajstić information content (AvgIpc) is 2.61. The number of H-pyrrole nitrogens is 1. The number of hydrogen-bond acceptors (Lipinski definition) is 1. The fourth-order valence-corrected chi connectivity index (χ4v) is 2.10. The molecule has 0 unspecified atom stereocenters. The minimum Gasteiger partial charge on any atom is -0.337 e. The third-order valence-corrected chi connectivity index (χ3v) is 3.06. The summed E-state index contributed by atoms with van der Waals surface area (Å²) in [6.45, 7) is 4.83. The molecule has 2 aromatic rings. The monoisotopic (exact) mass is 250 g/mol. The van der Waals surface area contributed by atoms with Crippen molar-refractivity contribution in [2.24, 2.45) is 0 Å². The van der Waals surface area contributed by atoms with Gasteiger partial charge in [-0.2, -0.15) is 0 Å². The SMILES string of the molecule is CC(C)c1c[nH]c(=S)n1Cc1cccc(F)c1. The minimum absolute atomic E-state index is 0.212. The fraction of sp³-hybridized carbons (Fsp3) is 0.308. The number of nitrogens with one attached hydrogen (secondary N) is 1. The molecule has 1 aromatic carbocycles. The van der Waals surface area contributed by atoms with Crippen molar-refractivity contribution in [3.05, 3.63) is 52.3 Å². The molecule has 0 aliphatic heterocycles. The van der Waals surface area contributed by atoms with Gasteiger partial charge in [-0.3, -0.25) is 0 Å². The van der Waals surface area contributed by atoms with Crippen LogP contribution in [-0.2, 0) is 6.54 Å². The number of aromatic nitrogens is 2. The second-order valence-electron chi connectivity index (χ2n) is 4.39. The smallest absolute Gasteiger partial charge is 0.177 e. The standard InChI is InChI=1S/C13H15FN2S/c1-9(2)12-7-15-13(17)16(12)8-10-4-3-5-11(14)6-10/h3-7,9H,8H2,1-2H3,(H,15,17). The highest BCUT2D eigenvalue weighted by Crippen LogP contribution is 2.16. The topological polar surface area (TPSA) is 20.7 Å². The van der Waals surface area contributed by atoms with E-state index in [1.165, 1.54) is 6.07 Å². The Balaban J connectivity index is 2.36. The lowest BCUT2D eigenvalue weighted by Crippen LogP contribution is -2.06. The largest absolute Gasteiger partial charge is 0.337 e. The van der Waals surface area contributed by atoms with Crippen LogP contribution in [0.3, 0.4) is 0 Å². The van der Waals surface area contributed by atoms with Gasteiger partial charge < -0.3 is 9.55 Å². The lowest BCUT2D eigenvalue weighted by Gasteiger charge is -2.11. The predicted octanol–water partition coefficient (Wildman–Crippen LogP) is 3.86. The number of nitrogens with zero attached hydrogens (tertiary/aromatic N) is 1. The maximum atomic E-state index is 13.1. The molecule has 2 nitrogen and oxygen atoms in total. The summed E-state index contributed by atoms with van der Waals surface area (Å²) in [5.41, 5.74) is 2.06. The van der Waals surface area contributed by atoms with Gasteiger partial charge in [-0.15, -0.1) is 0 Å². The number of aromatic amines is 1. The first-order chi connectivity index (χ1) is 8.08. The van der Waals surface area contributed by atoms with Crippen LogP contribution in [0.15, 0.2) is 30.5 Å². The summed E-state index contributed by atoms with van der Waals surface area (Å²) in [5, 5.41) is 0. The molecule has 0 bridgehead atoms. The molecule has 90 valence electrons. The van der Waals surface area contributed by atoms with Crippen molar-refractivity contribution in [3.63, 3.8) is 0 Å². The molecule has 17 heavy (non-hydrogen) atoms. The van der Waals surface area contributed by atoms with E-state index in [1.807, 2.05) is 16.8 Å². The van der Waals surface area contributed by atoms with Gasteiger partial charge in [0.25, 0.3) is 0 Å². The van der Waals surface area contributed by atoms with Crippen LogP contribution in [-0.4, -0.2) is 9.55 Å². The van der Waals surface area contributed by atoms with E-state index in [4.69, 9.17) is 12.2 Å². The summed E-state index contributed by atoms with van der Waals surface area (Å²) in [6, 6.07) is 6.61. The number of hydrogen-bond donors (Lipinski definition) is 1. The molecule has 0 amide bonds. The molecule has 0 saturated carbocycles. The number of benzene rings is 1. The van der Waals surface area contributed by atoms with Crippen molar-refractivity contribution < 1.29 is 4.39 Å². The van der Waals surface area contributed by atoms with E-state index >= 15 is 0 Å². The van der Waals surface area contributed by atoms with Crippen LogP contribution in [0.25, 0.3) is 0 Å². The molecule has 4 heteroatoms. The second-order valence-corrected chi connectivity index (χ2v) is 4.78.